The van der Waals surface area contributed by atoms with E-state index in [1.54, 1.807) is 24.1 Å². The molecule has 21 heavy (non-hydrogen) atoms. The van der Waals surface area contributed by atoms with Crippen LogP contribution in [0.4, 0.5) is 0 Å². The van der Waals surface area contributed by atoms with Gasteiger partial charge in [0.05, 0.1) is 5.60 Å². The van der Waals surface area contributed by atoms with Crippen molar-refractivity contribution in [1.29, 1.82) is 0 Å². The second kappa shape index (κ2) is 6.32. The van der Waals surface area contributed by atoms with Crippen LogP contribution < -0.4 is 0 Å². The van der Waals surface area contributed by atoms with Crippen molar-refractivity contribution in [1.82, 2.24) is 9.88 Å². The third kappa shape index (κ3) is 3.95. The maximum Gasteiger partial charge on any atom is 0.253 e. The van der Waals surface area contributed by atoms with Crippen LogP contribution in [0.15, 0.2) is 12.1 Å². The number of amides is 1. The monoisotopic (exact) mass is 310 g/mol. The standard InChI is InChI=1S/C16H23ClN2O2/c1-11(2)13-8-12(9-14(17)18-13)15(20)19(3)10-16(21)6-4-5-7-16/h8-9,11,21H,4-7,10H2,1-3H3. The number of hydrogen-bond acceptors (Lipinski definition) is 3. The lowest BCUT2D eigenvalue weighted by molar-refractivity contribution is 0.0156. The molecule has 0 saturated heterocycles. The number of rotatable bonds is 4. The van der Waals surface area contributed by atoms with Gasteiger partial charge in [0.25, 0.3) is 5.91 Å². The molecule has 1 aromatic rings. The quantitative estimate of drug-likeness (QED) is 0.869. The lowest BCUT2D eigenvalue weighted by Gasteiger charge is -2.28. The van der Waals surface area contributed by atoms with Crippen molar-refractivity contribution in [2.75, 3.05) is 13.6 Å². The molecule has 0 aliphatic heterocycles. The van der Waals surface area contributed by atoms with E-state index in [0.717, 1.165) is 31.4 Å². The van der Waals surface area contributed by atoms with Crippen molar-refractivity contribution in [3.05, 3.63) is 28.5 Å². The highest BCUT2D eigenvalue weighted by molar-refractivity contribution is 6.29. The van der Waals surface area contributed by atoms with Gasteiger partial charge in [0, 0.05) is 24.8 Å². The average Bonchev–Trinajstić information content (AvgIpc) is 2.83. The van der Waals surface area contributed by atoms with Crippen LogP contribution in [0.3, 0.4) is 0 Å². The third-order valence-corrected chi connectivity index (χ3v) is 4.26. The van der Waals surface area contributed by atoms with Crippen LogP contribution in [0.2, 0.25) is 5.15 Å². The van der Waals surface area contributed by atoms with Crippen molar-refractivity contribution in [3.8, 4) is 0 Å². The Kier molecular flexibility index (Phi) is 4.89. The Bertz CT molecular complexity index is 525. The largest absolute Gasteiger partial charge is 0.388 e. The van der Waals surface area contributed by atoms with Crippen molar-refractivity contribution in [3.63, 3.8) is 0 Å². The molecule has 1 N–H and O–H groups in total. The molecule has 1 amide bonds. The summed E-state index contributed by atoms with van der Waals surface area (Å²) in [5.41, 5.74) is 0.601. The predicted molar refractivity (Wildman–Crippen MR) is 83.7 cm³/mol. The maximum atomic E-state index is 12.5. The number of pyridine rings is 1. The predicted octanol–water partition coefficient (Wildman–Crippen LogP) is 3.24. The minimum atomic E-state index is -0.734. The van der Waals surface area contributed by atoms with Gasteiger partial charge >= 0.3 is 0 Å². The Morgan fingerprint density at radius 3 is 2.62 bits per heavy atom. The fraction of sp³-hybridized carbons (Fsp3) is 0.625. The highest BCUT2D eigenvalue weighted by Crippen LogP contribution is 2.30. The molecular weight excluding hydrogens is 288 g/mol. The molecule has 2 rings (SSSR count). The van der Waals surface area contributed by atoms with Gasteiger partial charge in [0.1, 0.15) is 5.15 Å². The molecule has 1 aliphatic carbocycles. The van der Waals surface area contributed by atoms with Gasteiger partial charge in [0.15, 0.2) is 0 Å². The van der Waals surface area contributed by atoms with Crippen molar-refractivity contribution in [2.45, 2.75) is 51.0 Å². The zero-order chi connectivity index (χ0) is 15.6. The highest BCUT2D eigenvalue weighted by atomic mass is 35.5. The van der Waals surface area contributed by atoms with Crippen LogP contribution in [0.5, 0.6) is 0 Å². The van der Waals surface area contributed by atoms with E-state index in [2.05, 4.69) is 4.98 Å². The summed E-state index contributed by atoms with van der Waals surface area (Å²) in [6.45, 7) is 4.39. The number of likely N-dealkylation sites (N-methyl/N-ethyl adjacent to an activating group) is 1. The Hall–Kier alpha value is -1.13. The maximum absolute atomic E-state index is 12.5. The second-order valence-electron chi connectivity index (χ2n) is 6.35. The van der Waals surface area contributed by atoms with E-state index in [4.69, 9.17) is 11.6 Å². The van der Waals surface area contributed by atoms with Gasteiger partial charge < -0.3 is 10.0 Å². The van der Waals surface area contributed by atoms with Crippen LogP contribution >= 0.6 is 11.6 Å². The molecule has 0 spiro atoms. The zero-order valence-corrected chi connectivity index (χ0v) is 13.7. The van der Waals surface area contributed by atoms with E-state index >= 15 is 0 Å². The fourth-order valence-electron chi connectivity index (χ4n) is 2.86. The first kappa shape index (κ1) is 16.2. The molecule has 1 aromatic heterocycles. The van der Waals surface area contributed by atoms with Gasteiger partial charge in [0.2, 0.25) is 0 Å². The molecule has 4 nitrogen and oxygen atoms in total. The van der Waals surface area contributed by atoms with E-state index < -0.39 is 5.60 Å². The first-order valence-electron chi connectivity index (χ1n) is 7.46. The van der Waals surface area contributed by atoms with Crippen LogP contribution in [-0.4, -0.2) is 40.1 Å². The van der Waals surface area contributed by atoms with Gasteiger partial charge in [-0.1, -0.05) is 38.3 Å². The zero-order valence-electron chi connectivity index (χ0n) is 12.9. The van der Waals surface area contributed by atoms with E-state index in [-0.39, 0.29) is 11.8 Å². The van der Waals surface area contributed by atoms with Crippen molar-refractivity contribution >= 4 is 17.5 Å². The summed E-state index contributed by atoms with van der Waals surface area (Å²) in [5.74, 6) is 0.0843. The summed E-state index contributed by atoms with van der Waals surface area (Å²) in [4.78, 5) is 18.4. The molecule has 1 aliphatic rings. The number of hydrogen-bond donors (Lipinski definition) is 1. The molecule has 0 radical (unpaired) electrons. The third-order valence-electron chi connectivity index (χ3n) is 4.06. The second-order valence-corrected chi connectivity index (χ2v) is 6.74. The summed E-state index contributed by atoms with van der Waals surface area (Å²) in [6, 6.07) is 3.37. The molecule has 0 atom stereocenters. The fourth-order valence-corrected chi connectivity index (χ4v) is 3.08. The number of aromatic nitrogens is 1. The van der Waals surface area contributed by atoms with Crippen molar-refractivity contribution < 1.29 is 9.90 Å². The molecule has 1 saturated carbocycles. The van der Waals surface area contributed by atoms with Crippen molar-refractivity contribution in [2.24, 2.45) is 0 Å². The van der Waals surface area contributed by atoms with Crippen LogP contribution in [0, 0.1) is 0 Å². The number of carbonyl (C=O) groups is 1. The Morgan fingerprint density at radius 2 is 2.05 bits per heavy atom. The number of carbonyl (C=O) groups excluding carboxylic acids is 1. The Labute approximate surface area is 131 Å². The minimum absolute atomic E-state index is 0.124. The van der Waals surface area contributed by atoms with Gasteiger partial charge in [-0.05, 0) is 30.9 Å². The van der Waals surface area contributed by atoms with Crippen LogP contribution in [0.25, 0.3) is 0 Å². The molecular formula is C16H23ClN2O2. The Balaban J connectivity index is 2.15. The Morgan fingerprint density at radius 1 is 1.43 bits per heavy atom. The number of halogens is 1. The van der Waals surface area contributed by atoms with E-state index in [1.165, 1.54) is 0 Å². The van der Waals surface area contributed by atoms with Gasteiger partial charge in [-0.2, -0.15) is 0 Å². The SMILES string of the molecule is CC(C)c1cc(C(=O)N(C)CC2(O)CCCC2)cc(Cl)n1. The molecule has 0 aromatic carbocycles. The summed E-state index contributed by atoms with van der Waals surface area (Å²) in [6.07, 6.45) is 3.58. The first-order chi connectivity index (χ1) is 9.81. The summed E-state index contributed by atoms with van der Waals surface area (Å²) in [7, 11) is 1.72. The smallest absolute Gasteiger partial charge is 0.253 e. The van der Waals surface area contributed by atoms with E-state index in [1.807, 2.05) is 13.8 Å². The lowest BCUT2D eigenvalue weighted by Crippen LogP contribution is -2.42. The molecule has 116 valence electrons. The van der Waals surface area contributed by atoms with Crippen LogP contribution in [-0.2, 0) is 0 Å². The molecule has 1 fully saturated rings. The van der Waals surface area contributed by atoms with Gasteiger partial charge in [-0.3, -0.25) is 4.79 Å². The topological polar surface area (TPSA) is 53.4 Å². The minimum Gasteiger partial charge on any atom is -0.388 e. The average molecular weight is 311 g/mol. The molecule has 1 heterocycles. The van der Waals surface area contributed by atoms with Gasteiger partial charge in [-0.15, -0.1) is 0 Å². The highest BCUT2D eigenvalue weighted by Gasteiger charge is 2.33. The summed E-state index contributed by atoms with van der Waals surface area (Å²) in [5, 5.41) is 10.8. The van der Waals surface area contributed by atoms with Gasteiger partial charge in [-0.25, -0.2) is 4.98 Å². The van der Waals surface area contributed by atoms with Crippen LogP contribution in [0.1, 0.15) is 61.5 Å². The first-order valence-corrected chi connectivity index (χ1v) is 7.84. The van der Waals surface area contributed by atoms with E-state index in [0.29, 0.717) is 17.3 Å². The lowest BCUT2D eigenvalue weighted by atomic mass is 10.0. The number of nitrogens with zero attached hydrogens (tertiary/aromatic N) is 2. The summed E-state index contributed by atoms with van der Waals surface area (Å²) >= 11 is 6.01. The van der Waals surface area contributed by atoms with E-state index in [9.17, 15) is 9.90 Å². The molecule has 0 unspecified atom stereocenters. The normalized spacial score (nSPS) is 17.2. The molecule has 5 heteroatoms. The number of aliphatic hydroxyl groups is 1. The molecule has 0 bridgehead atoms. The summed E-state index contributed by atoms with van der Waals surface area (Å²) < 4.78 is 0.